The van der Waals surface area contributed by atoms with Gasteiger partial charge in [0.1, 0.15) is 0 Å². The molecule has 0 saturated heterocycles. The van der Waals surface area contributed by atoms with Gasteiger partial charge in [-0.3, -0.25) is 4.98 Å². The summed E-state index contributed by atoms with van der Waals surface area (Å²) in [5.74, 6) is 0. The van der Waals surface area contributed by atoms with Crippen LogP contribution >= 0.6 is 0 Å². The molecule has 1 heteroatoms. The van der Waals surface area contributed by atoms with Gasteiger partial charge in [0.2, 0.25) is 0 Å². The molecule has 88 valence electrons. The Bertz CT molecular complexity index is 539. The average Bonchev–Trinajstić information content (AvgIpc) is 2.39. The van der Waals surface area contributed by atoms with Gasteiger partial charge in [0.15, 0.2) is 0 Å². The van der Waals surface area contributed by atoms with Crippen LogP contribution in [0.2, 0.25) is 0 Å². The van der Waals surface area contributed by atoms with Crippen LogP contribution in [-0.4, -0.2) is 4.98 Å². The summed E-state index contributed by atoms with van der Waals surface area (Å²) in [5.41, 5.74) is 2.09. The highest BCUT2D eigenvalue weighted by atomic mass is 14.7. The Morgan fingerprint density at radius 2 is 1.76 bits per heavy atom. The van der Waals surface area contributed by atoms with Gasteiger partial charge in [-0.25, -0.2) is 0 Å². The summed E-state index contributed by atoms with van der Waals surface area (Å²) in [6.07, 6.45) is 0.253. The molecule has 0 radical (unpaired) electrons. The number of hydrogen-bond donors (Lipinski definition) is 0. The van der Waals surface area contributed by atoms with E-state index in [9.17, 15) is 0 Å². The summed E-state index contributed by atoms with van der Waals surface area (Å²) in [5, 5.41) is 0. The Labute approximate surface area is 106 Å². The molecule has 2 rings (SSSR count). The van der Waals surface area contributed by atoms with Crippen molar-refractivity contribution in [2.45, 2.75) is 27.1 Å². The molecule has 0 bridgehead atoms. The van der Waals surface area contributed by atoms with Crippen LogP contribution < -0.4 is 0 Å². The first-order valence-electron chi connectivity index (χ1n) is 6.84. The van der Waals surface area contributed by atoms with Crippen molar-refractivity contribution in [1.29, 1.82) is 0 Å². The van der Waals surface area contributed by atoms with Crippen molar-refractivity contribution in [3.8, 4) is 11.3 Å². The molecule has 17 heavy (non-hydrogen) atoms. The van der Waals surface area contributed by atoms with Gasteiger partial charge < -0.3 is 0 Å². The second-order valence-corrected chi connectivity index (χ2v) is 5.17. The lowest BCUT2D eigenvalue weighted by molar-refractivity contribution is 0.411. The number of benzene rings is 1. The van der Waals surface area contributed by atoms with Crippen molar-refractivity contribution in [1.82, 2.24) is 4.98 Å². The van der Waals surface area contributed by atoms with Crippen LogP contribution in [0.25, 0.3) is 11.3 Å². The van der Waals surface area contributed by atoms with E-state index in [2.05, 4.69) is 4.98 Å². The fourth-order valence-corrected chi connectivity index (χ4v) is 1.68. The molecule has 0 aliphatic heterocycles. The topological polar surface area (TPSA) is 12.9 Å². The minimum Gasteiger partial charge on any atom is -0.256 e. The van der Waals surface area contributed by atoms with Crippen molar-refractivity contribution in [3.63, 3.8) is 0 Å². The quantitative estimate of drug-likeness (QED) is 0.743. The fraction of sp³-hybridized carbons (Fsp3) is 0.312. The van der Waals surface area contributed by atoms with E-state index in [1.807, 2.05) is 63.2 Å². The van der Waals surface area contributed by atoms with E-state index in [-0.39, 0.29) is 0 Å². The van der Waals surface area contributed by atoms with Gasteiger partial charge in [0, 0.05) is 14.5 Å². The summed E-state index contributed by atoms with van der Waals surface area (Å²) in [7, 11) is 0. The van der Waals surface area contributed by atoms with Crippen molar-refractivity contribution in [2.24, 2.45) is 5.41 Å². The van der Waals surface area contributed by atoms with Crippen LogP contribution in [0.15, 0.2) is 48.7 Å². The van der Waals surface area contributed by atoms with Gasteiger partial charge >= 0.3 is 0 Å². The summed E-state index contributed by atoms with van der Waals surface area (Å²) in [6, 6.07) is 13.6. The van der Waals surface area contributed by atoms with E-state index < -0.39 is 11.8 Å². The van der Waals surface area contributed by atoms with E-state index in [1.54, 1.807) is 6.20 Å². The monoisotopic (exact) mass is 227 g/mol. The van der Waals surface area contributed by atoms with Crippen LogP contribution in [0.4, 0.5) is 0 Å². The number of nitrogens with zero attached hydrogens (tertiary/aromatic N) is 1. The Morgan fingerprint density at radius 1 is 1.06 bits per heavy atom. The van der Waals surface area contributed by atoms with Gasteiger partial charge in [-0.1, -0.05) is 57.2 Å². The standard InChI is InChI=1S/C16H19N/c1-16(2,3)11-13-9-10-15(17-12-13)14-7-5-4-6-8-14/h4-10,12H,11H2,1-3H3/i11D2. The second-order valence-electron chi connectivity index (χ2n) is 5.17. The molecule has 0 aliphatic carbocycles. The molecule has 1 nitrogen and oxygen atoms in total. The summed E-state index contributed by atoms with van der Waals surface area (Å²) >= 11 is 0. The van der Waals surface area contributed by atoms with Gasteiger partial charge in [0.05, 0.1) is 5.69 Å². The fourth-order valence-electron chi connectivity index (χ4n) is 1.68. The Balaban J connectivity index is 2.35. The average molecular weight is 227 g/mol. The molecule has 0 unspecified atom stereocenters. The lowest BCUT2D eigenvalue weighted by Gasteiger charge is -2.17. The van der Waals surface area contributed by atoms with Crippen LogP contribution in [0.3, 0.4) is 0 Å². The molecule has 0 atom stereocenters. The third-order valence-corrected chi connectivity index (χ3v) is 2.35. The molecule has 1 aromatic carbocycles. The predicted molar refractivity (Wildman–Crippen MR) is 72.8 cm³/mol. The highest BCUT2D eigenvalue weighted by Crippen LogP contribution is 2.22. The third kappa shape index (κ3) is 3.42. The van der Waals surface area contributed by atoms with Crippen LogP contribution in [-0.2, 0) is 6.37 Å². The highest BCUT2D eigenvalue weighted by Gasteiger charge is 2.11. The van der Waals surface area contributed by atoms with Crippen molar-refractivity contribution >= 4 is 0 Å². The van der Waals surface area contributed by atoms with Gasteiger partial charge in [-0.15, -0.1) is 0 Å². The maximum atomic E-state index is 8.22. The van der Waals surface area contributed by atoms with Crippen molar-refractivity contribution < 1.29 is 2.74 Å². The minimum absolute atomic E-state index is 0.455. The number of pyridine rings is 1. The number of rotatable bonds is 2. The minimum atomic E-state index is -1.39. The van der Waals surface area contributed by atoms with Crippen molar-refractivity contribution in [3.05, 3.63) is 54.2 Å². The molecule has 2 aromatic rings. The molecule has 1 heterocycles. The summed E-state index contributed by atoms with van der Waals surface area (Å²) < 4.78 is 16.4. The molecule has 1 aromatic heterocycles. The zero-order chi connectivity index (χ0) is 14.1. The summed E-state index contributed by atoms with van der Waals surface area (Å²) in [4.78, 5) is 4.39. The largest absolute Gasteiger partial charge is 0.256 e. The predicted octanol–water partition coefficient (Wildman–Crippen LogP) is 4.34. The Morgan fingerprint density at radius 3 is 2.29 bits per heavy atom. The molecule has 0 N–H and O–H groups in total. The van der Waals surface area contributed by atoms with Gasteiger partial charge in [0.25, 0.3) is 0 Å². The molecule has 0 amide bonds. The molecular formula is C16H19N. The van der Waals surface area contributed by atoms with Gasteiger partial charge in [-0.05, 0) is 23.4 Å². The van der Waals surface area contributed by atoms with E-state index in [4.69, 9.17) is 2.74 Å². The first-order chi connectivity index (χ1) is 8.82. The number of hydrogen-bond acceptors (Lipinski definition) is 1. The second kappa shape index (κ2) is 4.70. The molecule has 0 spiro atoms. The molecule has 0 saturated carbocycles. The molecular weight excluding hydrogens is 206 g/mol. The maximum absolute atomic E-state index is 8.22. The number of aromatic nitrogens is 1. The lowest BCUT2D eigenvalue weighted by Crippen LogP contribution is -2.09. The van der Waals surface area contributed by atoms with Crippen LogP contribution in [0, 0.1) is 5.41 Å². The smallest absolute Gasteiger partial charge is 0.0702 e. The van der Waals surface area contributed by atoms with E-state index in [0.29, 0.717) is 5.56 Å². The Hall–Kier alpha value is -1.63. The van der Waals surface area contributed by atoms with Gasteiger partial charge in [-0.2, -0.15) is 0 Å². The van der Waals surface area contributed by atoms with E-state index >= 15 is 0 Å². The SMILES string of the molecule is [2H]C([2H])(c1ccc(-c2ccccc2)nc1)C(C)(C)C. The normalized spacial score (nSPS) is 14.1. The first kappa shape index (κ1) is 9.41. The highest BCUT2D eigenvalue weighted by molar-refractivity contribution is 5.58. The lowest BCUT2D eigenvalue weighted by atomic mass is 9.89. The van der Waals surface area contributed by atoms with E-state index in [0.717, 1.165) is 11.3 Å². The first-order valence-corrected chi connectivity index (χ1v) is 5.84. The Kier molecular flexibility index (Phi) is 2.60. The molecule has 0 aliphatic rings. The van der Waals surface area contributed by atoms with Crippen LogP contribution in [0.5, 0.6) is 0 Å². The van der Waals surface area contributed by atoms with Crippen LogP contribution in [0.1, 0.15) is 29.1 Å². The third-order valence-electron chi connectivity index (χ3n) is 2.35. The zero-order valence-electron chi connectivity index (χ0n) is 12.6. The maximum Gasteiger partial charge on any atom is 0.0702 e. The van der Waals surface area contributed by atoms with Crippen molar-refractivity contribution in [2.75, 3.05) is 0 Å². The summed E-state index contributed by atoms with van der Waals surface area (Å²) in [6.45, 7) is 5.70. The zero-order valence-corrected chi connectivity index (χ0v) is 10.6. The molecule has 0 fully saturated rings. The van der Waals surface area contributed by atoms with E-state index in [1.165, 1.54) is 0 Å².